The molecule has 1 aromatic carbocycles. The summed E-state index contributed by atoms with van der Waals surface area (Å²) in [5.74, 6) is -0.658. The summed E-state index contributed by atoms with van der Waals surface area (Å²) in [4.78, 5) is 16.8. The molecule has 0 aliphatic rings. The Morgan fingerprint density at radius 1 is 1.25 bits per heavy atom. The molecule has 0 aliphatic heterocycles. The standard InChI is InChI=1S/C16H17F3N2O2S/c1-10-3-5-12(6-4-10)7-13-11(2)20-15(24-13)21-14(22)8-23-9-16(17,18)19/h3-6H,7-9H2,1-2H3,(H,20,21,22). The zero-order valence-corrected chi connectivity index (χ0v) is 14.1. The maximum absolute atomic E-state index is 12.0. The second-order valence-corrected chi connectivity index (χ2v) is 6.43. The number of halogens is 3. The fourth-order valence-corrected chi connectivity index (χ4v) is 2.96. The summed E-state index contributed by atoms with van der Waals surface area (Å²) >= 11 is 1.31. The van der Waals surface area contributed by atoms with Gasteiger partial charge in [-0.25, -0.2) is 4.98 Å². The minimum Gasteiger partial charge on any atom is -0.362 e. The molecule has 0 unspecified atom stereocenters. The first-order chi connectivity index (χ1) is 11.2. The number of rotatable bonds is 6. The normalized spacial score (nSPS) is 11.5. The first-order valence-electron chi connectivity index (χ1n) is 7.19. The van der Waals surface area contributed by atoms with Crippen molar-refractivity contribution in [3.63, 3.8) is 0 Å². The molecule has 0 atom stereocenters. The molecule has 0 aliphatic carbocycles. The summed E-state index contributed by atoms with van der Waals surface area (Å²) in [6, 6.07) is 8.09. The van der Waals surface area contributed by atoms with Gasteiger partial charge in [-0.2, -0.15) is 13.2 Å². The number of hydrogen-bond acceptors (Lipinski definition) is 4. The third-order valence-corrected chi connectivity index (χ3v) is 4.20. The van der Waals surface area contributed by atoms with Crippen molar-refractivity contribution in [1.82, 2.24) is 4.98 Å². The van der Waals surface area contributed by atoms with Gasteiger partial charge in [0.1, 0.15) is 13.2 Å². The average Bonchev–Trinajstić information content (AvgIpc) is 2.79. The lowest BCUT2D eigenvalue weighted by Crippen LogP contribution is -2.23. The Bertz CT molecular complexity index is 696. The van der Waals surface area contributed by atoms with Crippen molar-refractivity contribution in [2.24, 2.45) is 0 Å². The molecule has 24 heavy (non-hydrogen) atoms. The van der Waals surface area contributed by atoms with Crippen LogP contribution in [0.25, 0.3) is 0 Å². The average molecular weight is 358 g/mol. The van der Waals surface area contributed by atoms with Gasteiger partial charge in [0.2, 0.25) is 0 Å². The summed E-state index contributed by atoms with van der Waals surface area (Å²) in [7, 11) is 0. The SMILES string of the molecule is Cc1ccc(Cc2sc(NC(=O)COCC(F)(F)F)nc2C)cc1. The molecule has 0 saturated carbocycles. The van der Waals surface area contributed by atoms with Gasteiger partial charge in [0.25, 0.3) is 5.91 Å². The molecule has 1 aromatic heterocycles. The Morgan fingerprint density at radius 3 is 2.54 bits per heavy atom. The highest BCUT2D eigenvalue weighted by Gasteiger charge is 2.27. The lowest BCUT2D eigenvalue weighted by atomic mass is 10.1. The molecule has 0 radical (unpaired) electrons. The molecule has 8 heteroatoms. The molecule has 0 saturated heterocycles. The van der Waals surface area contributed by atoms with Crippen molar-refractivity contribution in [2.75, 3.05) is 18.5 Å². The number of thiazole rings is 1. The van der Waals surface area contributed by atoms with E-state index in [0.717, 1.165) is 16.1 Å². The number of benzene rings is 1. The van der Waals surface area contributed by atoms with Crippen LogP contribution in [0.4, 0.5) is 18.3 Å². The van der Waals surface area contributed by atoms with Crippen molar-refractivity contribution >= 4 is 22.4 Å². The Labute approximate surface area is 141 Å². The fourth-order valence-electron chi connectivity index (χ4n) is 1.95. The van der Waals surface area contributed by atoms with E-state index in [9.17, 15) is 18.0 Å². The van der Waals surface area contributed by atoms with Gasteiger partial charge >= 0.3 is 6.18 Å². The van der Waals surface area contributed by atoms with Gasteiger partial charge in [-0.15, -0.1) is 11.3 Å². The van der Waals surface area contributed by atoms with Crippen LogP contribution in [0.1, 0.15) is 21.7 Å². The molecule has 1 N–H and O–H groups in total. The predicted molar refractivity (Wildman–Crippen MR) is 86.3 cm³/mol. The largest absolute Gasteiger partial charge is 0.411 e. The molecule has 2 aromatic rings. The number of carbonyl (C=O) groups excluding carboxylic acids is 1. The number of amides is 1. The summed E-state index contributed by atoms with van der Waals surface area (Å²) in [6.45, 7) is 1.73. The number of hydrogen-bond donors (Lipinski definition) is 1. The first-order valence-corrected chi connectivity index (χ1v) is 8.01. The monoisotopic (exact) mass is 358 g/mol. The maximum atomic E-state index is 12.0. The first kappa shape index (κ1) is 18.4. The van der Waals surface area contributed by atoms with E-state index in [1.807, 2.05) is 38.1 Å². The number of alkyl halides is 3. The maximum Gasteiger partial charge on any atom is 0.411 e. The van der Waals surface area contributed by atoms with Crippen molar-refractivity contribution < 1.29 is 22.7 Å². The zero-order valence-electron chi connectivity index (χ0n) is 13.2. The van der Waals surface area contributed by atoms with E-state index in [-0.39, 0.29) is 0 Å². The van der Waals surface area contributed by atoms with Crippen molar-refractivity contribution in [1.29, 1.82) is 0 Å². The lowest BCUT2D eigenvalue weighted by Gasteiger charge is -2.06. The second kappa shape index (κ2) is 7.76. The van der Waals surface area contributed by atoms with Gasteiger partial charge in [0.05, 0.1) is 5.69 Å². The molecule has 2 rings (SSSR count). The van der Waals surface area contributed by atoms with Crippen LogP contribution in [0.2, 0.25) is 0 Å². The van der Waals surface area contributed by atoms with Crippen LogP contribution in [-0.2, 0) is 16.0 Å². The van der Waals surface area contributed by atoms with Crippen LogP contribution in [-0.4, -0.2) is 30.3 Å². The van der Waals surface area contributed by atoms with E-state index in [0.29, 0.717) is 11.6 Å². The van der Waals surface area contributed by atoms with E-state index in [4.69, 9.17) is 0 Å². The van der Waals surface area contributed by atoms with E-state index < -0.39 is 25.3 Å². The molecule has 0 fully saturated rings. The summed E-state index contributed by atoms with van der Waals surface area (Å²) in [5, 5.41) is 2.82. The highest BCUT2D eigenvalue weighted by atomic mass is 32.1. The molecular weight excluding hydrogens is 341 g/mol. The summed E-state index contributed by atoms with van der Waals surface area (Å²) in [6.07, 6.45) is -3.76. The van der Waals surface area contributed by atoms with E-state index >= 15 is 0 Å². The highest BCUT2D eigenvalue weighted by Crippen LogP contribution is 2.25. The molecule has 1 amide bonds. The summed E-state index contributed by atoms with van der Waals surface area (Å²) < 4.78 is 40.2. The smallest absolute Gasteiger partial charge is 0.362 e. The zero-order chi connectivity index (χ0) is 17.7. The third kappa shape index (κ3) is 5.93. The minimum absolute atomic E-state index is 0.357. The molecular formula is C16H17F3N2O2S. The van der Waals surface area contributed by atoms with Gasteiger partial charge in [0.15, 0.2) is 5.13 Å². The molecule has 130 valence electrons. The van der Waals surface area contributed by atoms with Crippen LogP contribution in [0.15, 0.2) is 24.3 Å². The minimum atomic E-state index is -4.45. The lowest BCUT2D eigenvalue weighted by molar-refractivity contribution is -0.174. The van der Waals surface area contributed by atoms with E-state index in [1.165, 1.54) is 16.9 Å². The Balaban J connectivity index is 1.91. The van der Waals surface area contributed by atoms with Crippen LogP contribution in [0.5, 0.6) is 0 Å². The van der Waals surface area contributed by atoms with Gasteiger partial charge in [-0.05, 0) is 19.4 Å². The highest BCUT2D eigenvalue weighted by molar-refractivity contribution is 7.15. The topological polar surface area (TPSA) is 51.2 Å². The van der Waals surface area contributed by atoms with E-state index in [2.05, 4.69) is 15.0 Å². The van der Waals surface area contributed by atoms with Gasteiger partial charge < -0.3 is 4.74 Å². The number of anilines is 1. The van der Waals surface area contributed by atoms with Crippen molar-refractivity contribution in [3.8, 4) is 0 Å². The Kier molecular flexibility index (Phi) is 5.95. The summed E-state index contributed by atoms with van der Waals surface area (Å²) in [5.41, 5.74) is 3.08. The Hall–Kier alpha value is -1.93. The number of nitrogens with one attached hydrogen (secondary N) is 1. The molecule has 4 nitrogen and oxygen atoms in total. The Morgan fingerprint density at radius 2 is 1.92 bits per heavy atom. The van der Waals surface area contributed by atoms with Gasteiger partial charge in [-0.1, -0.05) is 29.8 Å². The van der Waals surface area contributed by atoms with Gasteiger partial charge in [-0.3, -0.25) is 10.1 Å². The van der Waals surface area contributed by atoms with Crippen molar-refractivity contribution in [3.05, 3.63) is 46.0 Å². The predicted octanol–water partition coefficient (Wildman–Crippen LogP) is 3.87. The van der Waals surface area contributed by atoms with Crippen molar-refractivity contribution in [2.45, 2.75) is 26.4 Å². The van der Waals surface area contributed by atoms with Crippen LogP contribution in [0, 0.1) is 13.8 Å². The van der Waals surface area contributed by atoms with E-state index in [1.54, 1.807) is 0 Å². The van der Waals surface area contributed by atoms with Crippen LogP contribution < -0.4 is 5.32 Å². The molecule has 0 spiro atoms. The van der Waals surface area contributed by atoms with Crippen LogP contribution >= 0.6 is 11.3 Å². The molecule has 1 heterocycles. The molecule has 0 bridgehead atoms. The second-order valence-electron chi connectivity index (χ2n) is 5.35. The fraction of sp³-hybridized carbons (Fsp3) is 0.375. The quantitative estimate of drug-likeness (QED) is 0.853. The van der Waals surface area contributed by atoms with Gasteiger partial charge in [0, 0.05) is 11.3 Å². The number of aryl methyl sites for hydroxylation is 2. The number of ether oxygens (including phenoxy) is 1. The van der Waals surface area contributed by atoms with Crippen LogP contribution in [0.3, 0.4) is 0 Å². The number of aromatic nitrogens is 1. The number of carbonyl (C=O) groups is 1. The number of nitrogens with zero attached hydrogens (tertiary/aromatic N) is 1. The third-order valence-electron chi connectivity index (χ3n) is 3.12.